The second-order valence-corrected chi connectivity index (χ2v) is 2.79. The van der Waals surface area contributed by atoms with Crippen LogP contribution in [0.4, 0.5) is 5.69 Å². The first-order valence-electron chi connectivity index (χ1n) is 3.44. The summed E-state index contributed by atoms with van der Waals surface area (Å²) in [5, 5.41) is 0.361. The van der Waals surface area contributed by atoms with Crippen molar-refractivity contribution in [3.05, 3.63) is 29.5 Å². The summed E-state index contributed by atoms with van der Waals surface area (Å²) in [6, 6.07) is 5.45. The fourth-order valence-corrected chi connectivity index (χ4v) is 1.17. The minimum atomic E-state index is 0.361. The maximum absolute atomic E-state index is 5.66. The molecule has 2 N–H and O–H groups in total. The lowest BCUT2D eigenvalue weighted by molar-refractivity contribution is 1.29. The van der Waals surface area contributed by atoms with Crippen LogP contribution in [0.25, 0.3) is 11.0 Å². The zero-order valence-electron chi connectivity index (χ0n) is 6.16. The second-order valence-electron chi connectivity index (χ2n) is 2.41. The molecule has 2 rings (SSSR count). The molecule has 0 aliphatic heterocycles. The van der Waals surface area contributed by atoms with Crippen LogP contribution in [0, 0.1) is 0 Å². The number of hydrogen-bond donors (Lipinski definition) is 1. The summed E-state index contributed by atoms with van der Waals surface area (Å²) in [5.74, 6) is 0. The molecular weight excluding hydrogens is 174 g/mol. The lowest BCUT2D eigenvalue weighted by Gasteiger charge is -1.98. The number of rotatable bonds is 0. The number of nitrogens with two attached hydrogens (primary N) is 1. The van der Waals surface area contributed by atoms with Crippen LogP contribution in [-0.2, 0) is 0 Å². The molecule has 1 aromatic heterocycles. The van der Waals surface area contributed by atoms with Gasteiger partial charge in [0.15, 0.2) is 0 Å². The van der Waals surface area contributed by atoms with Crippen LogP contribution in [0.2, 0.25) is 5.15 Å². The molecule has 0 saturated carbocycles. The van der Waals surface area contributed by atoms with Gasteiger partial charge in [-0.25, -0.2) is 4.98 Å². The van der Waals surface area contributed by atoms with Crippen LogP contribution in [0.5, 0.6) is 0 Å². The predicted molar refractivity (Wildman–Crippen MR) is 49.0 cm³/mol. The molecule has 12 heavy (non-hydrogen) atoms. The molecule has 0 radical (unpaired) electrons. The molecule has 0 aliphatic rings. The molecule has 0 saturated heterocycles. The van der Waals surface area contributed by atoms with E-state index < -0.39 is 0 Å². The molecule has 4 heteroatoms. The Morgan fingerprint density at radius 3 is 3.00 bits per heavy atom. The van der Waals surface area contributed by atoms with Crippen LogP contribution >= 0.6 is 11.6 Å². The topological polar surface area (TPSA) is 51.8 Å². The van der Waals surface area contributed by atoms with Gasteiger partial charge in [-0.1, -0.05) is 17.7 Å². The zero-order chi connectivity index (χ0) is 8.55. The summed E-state index contributed by atoms with van der Waals surface area (Å²) >= 11 is 5.66. The number of benzene rings is 1. The molecule has 3 nitrogen and oxygen atoms in total. The fraction of sp³-hybridized carbons (Fsp3) is 0. The van der Waals surface area contributed by atoms with Gasteiger partial charge in [-0.3, -0.25) is 4.98 Å². The number of aromatic nitrogens is 2. The number of fused-ring (bicyclic) bond motifs is 1. The number of anilines is 1. The van der Waals surface area contributed by atoms with Crippen molar-refractivity contribution in [1.82, 2.24) is 9.97 Å². The average Bonchev–Trinajstić information content (AvgIpc) is 2.07. The number of halogens is 1. The van der Waals surface area contributed by atoms with Gasteiger partial charge in [0, 0.05) is 0 Å². The Kier molecular flexibility index (Phi) is 1.59. The third-order valence-electron chi connectivity index (χ3n) is 1.57. The second kappa shape index (κ2) is 2.60. The molecule has 0 spiro atoms. The van der Waals surface area contributed by atoms with Crippen LogP contribution < -0.4 is 5.73 Å². The van der Waals surface area contributed by atoms with Crippen molar-refractivity contribution in [3.63, 3.8) is 0 Å². The number of hydrogen-bond acceptors (Lipinski definition) is 3. The van der Waals surface area contributed by atoms with Gasteiger partial charge in [-0.05, 0) is 12.1 Å². The largest absolute Gasteiger partial charge is 0.397 e. The molecule has 0 aliphatic carbocycles. The molecule has 0 unspecified atom stereocenters. The Balaban J connectivity index is 2.88. The quantitative estimate of drug-likeness (QED) is 0.628. The van der Waals surface area contributed by atoms with E-state index in [1.54, 1.807) is 6.07 Å². The van der Waals surface area contributed by atoms with Gasteiger partial charge in [-0.15, -0.1) is 0 Å². The third-order valence-corrected chi connectivity index (χ3v) is 1.76. The first-order chi connectivity index (χ1) is 5.77. The van der Waals surface area contributed by atoms with Gasteiger partial charge in [0.2, 0.25) is 0 Å². The summed E-state index contributed by atoms with van der Waals surface area (Å²) in [4.78, 5) is 8.12. The molecule has 0 fully saturated rings. The summed E-state index contributed by atoms with van der Waals surface area (Å²) < 4.78 is 0. The minimum Gasteiger partial charge on any atom is -0.397 e. The molecule has 1 heterocycles. The Morgan fingerprint density at radius 1 is 1.33 bits per heavy atom. The van der Waals surface area contributed by atoms with Crippen LogP contribution in [0.15, 0.2) is 24.4 Å². The van der Waals surface area contributed by atoms with E-state index >= 15 is 0 Å². The normalized spacial score (nSPS) is 10.4. The minimum absolute atomic E-state index is 0.361. The van der Waals surface area contributed by atoms with Gasteiger partial charge in [-0.2, -0.15) is 0 Å². The molecule has 0 bridgehead atoms. The Morgan fingerprint density at radius 2 is 2.17 bits per heavy atom. The molecule has 60 valence electrons. The SMILES string of the molecule is Nc1cccc2ncc(Cl)nc12. The van der Waals surface area contributed by atoms with Crippen molar-refractivity contribution in [1.29, 1.82) is 0 Å². The number of nitrogens with zero attached hydrogens (tertiary/aromatic N) is 2. The highest BCUT2D eigenvalue weighted by Gasteiger charge is 1.99. The molecule has 1 aromatic carbocycles. The number of nitrogen functional groups attached to an aromatic ring is 1. The Bertz CT molecular complexity index is 428. The van der Waals surface area contributed by atoms with Crippen molar-refractivity contribution in [3.8, 4) is 0 Å². The maximum atomic E-state index is 5.66. The first-order valence-corrected chi connectivity index (χ1v) is 3.82. The zero-order valence-corrected chi connectivity index (χ0v) is 6.92. The van der Waals surface area contributed by atoms with Crippen LogP contribution in [0.3, 0.4) is 0 Å². The molecular formula is C8H6ClN3. The third kappa shape index (κ3) is 1.08. The summed E-state index contributed by atoms with van der Waals surface area (Å²) in [5.41, 5.74) is 7.68. The highest BCUT2D eigenvalue weighted by Crippen LogP contribution is 2.17. The molecule has 0 amide bonds. The summed E-state index contributed by atoms with van der Waals surface area (Å²) in [6.45, 7) is 0. The van der Waals surface area contributed by atoms with Crippen molar-refractivity contribution in [2.45, 2.75) is 0 Å². The van der Waals surface area contributed by atoms with Crippen LogP contribution in [-0.4, -0.2) is 9.97 Å². The monoisotopic (exact) mass is 179 g/mol. The van der Waals surface area contributed by atoms with E-state index in [-0.39, 0.29) is 0 Å². The van der Waals surface area contributed by atoms with Gasteiger partial charge in [0.1, 0.15) is 10.7 Å². The van der Waals surface area contributed by atoms with E-state index in [1.165, 1.54) is 6.20 Å². The Labute approximate surface area is 74.2 Å². The lowest BCUT2D eigenvalue weighted by atomic mass is 10.2. The van der Waals surface area contributed by atoms with Crippen molar-refractivity contribution >= 4 is 28.3 Å². The van der Waals surface area contributed by atoms with Gasteiger partial charge >= 0.3 is 0 Å². The van der Waals surface area contributed by atoms with E-state index in [0.717, 1.165) is 5.52 Å². The van der Waals surface area contributed by atoms with E-state index in [4.69, 9.17) is 17.3 Å². The highest BCUT2D eigenvalue weighted by molar-refractivity contribution is 6.29. The fourth-order valence-electron chi connectivity index (χ4n) is 1.03. The molecule has 2 aromatic rings. The van der Waals surface area contributed by atoms with E-state index in [2.05, 4.69) is 9.97 Å². The molecule has 0 atom stereocenters. The van der Waals surface area contributed by atoms with Gasteiger partial charge < -0.3 is 5.73 Å². The first kappa shape index (κ1) is 7.31. The predicted octanol–water partition coefficient (Wildman–Crippen LogP) is 1.87. The van der Waals surface area contributed by atoms with E-state index in [9.17, 15) is 0 Å². The number of para-hydroxylation sites is 1. The van der Waals surface area contributed by atoms with E-state index in [0.29, 0.717) is 16.4 Å². The smallest absolute Gasteiger partial charge is 0.148 e. The summed E-state index contributed by atoms with van der Waals surface area (Å²) in [6.07, 6.45) is 1.50. The van der Waals surface area contributed by atoms with E-state index in [1.807, 2.05) is 12.1 Å². The van der Waals surface area contributed by atoms with Gasteiger partial charge in [0.05, 0.1) is 17.4 Å². The van der Waals surface area contributed by atoms with Crippen LogP contribution in [0.1, 0.15) is 0 Å². The standard InChI is InChI=1S/C8H6ClN3/c9-7-4-11-6-3-1-2-5(10)8(6)12-7/h1-4H,10H2. The lowest BCUT2D eigenvalue weighted by Crippen LogP contribution is -1.90. The average molecular weight is 180 g/mol. The summed E-state index contributed by atoms with van der Waals surface area (Å²) in [7, 11) is 0. The van der Waals surface area contributed by atoms with Crippen molar-refractivity contribution < 1.29 is 0 Å². The Hall–Kier alpha value is -1.35. The highest BCUT2D eigenvalue weighted by atomic mass is 35.5. The van der Waals surface area contributed by atoms with Gasteiger partial charge in [0.25, 0.3) is 0 Å². The van der Waals surface area contributed by atoms with Crippen molar-refractivity contribution in [2.75, 3.05) is 5.73 Å². The maximum Gasteiger partial charge on any atom is 0.148 e. The van der Waals surface area contributed by atoms with Crippen molar-refractivity contribution in [2.24, 2.45) is 0 Å².